The average molecular weight is 288 g/mol. The predicted octanol–water partition coefficient (Wildman–Crippen LogP) is 0.999. The first-order chi connectivity index (χ1) is 10.3. The van der Waals surface area contributed by atoms with Crippen LogP contribution >= 0.6 is 0 Å². The fraction of sp³-hybridized carbons (Fsp3) is 0.357. The summed E-state index contributed by atoms with van der Waals surface area (Å²) in [5.74, 6) is 2.00. The molecule has 1 aromatic carbocycles. The van der Waals surface area contributed by atoms with Crippen molar-refractivity contribution in [1.29, 1.82) is 0 Å². The van der Waals surface area contributed by atoms with Gasteiger partial charge in [0.1, 0.15) is 12.2 Å². The molecule has 2 aromatic rings. The highest BCUT2D eigenvalue weighted by atomic mass is 16.7. The third kappa shape index (κ3) is 2.81. The van der Waals surface area contributed by atoms with E-state index in [1.54, 1.807) is 24.5 Å². The fourth-order valence-electron chi connectivity index (χ4n) is 2.16. The Hall–Kier alpha value is -2.57. The maximum Gasteiger partial charge on any atom is 0.251 e. The normalized spacial score (nSPS) is 12.4. The number of hydrogen-bond donors (Lipinski definition) is 1. The van der Waals surface area contributed by atoms with Gasteiger partial charge >= 0.3 is 0 Å². The summed E-state index contributed by atoms with van der Waals surface area (Å²) in [4.78, 5) is 12.1. The Kier molecular flexibility index (Phi) is 3.72. The Morgan fingerprint density at radius 3 is 3.10 bits per heavy atom. The number of nitrogens with one attached hydrogen (secondary N) is 1. The lowest BCUT2D eigenvalue weighted by Crippen LogP contribution is -2.26. The maximum absolute atomic E-state index is 12.1. The summed E-state index contributed by atoms with van der Waals surface area (Å²) in [5, 5.41) is 10.8. The zero-order valence-electron chi connectivity index (χ0n) is 11.7. The van der Waals surface area contributed by atoms with Gasteiger partial charge in [-0.15, -0.1) is 10.2 Å². The summed E-state index contributed by atoms with van der Waals surface area (Å²) >= 11 is 0. The topological polar surface area (TPSA) is 78.3 Å². The van der Waals surface area contributed by atoms with Crippen LogP contribution in [0, 0.1) is 0 Å². The van der Waals surface area contributed by atoms with E-state index in [0.29, 0.717) is 30.0 Å². The highest BCUT2D eigenvalue weighted by molar-refractivity contribution is 5.94. The van der Waals surface area contributed by atoms with Gasteiger partial charge in [0.2, 0.25) is 6.79 Å². The average Bonchev–Trinajstić information content (AvgIpc) is 3.14. The molecule has 0 bridgehead atoms. The number of benzene rings is 1. The number of aryl methyl sites for hydroxylation is 1. The Bertz CT molecular complexity index is 653. The molecule has 3 rings (SSSR count). The van der Waals surface area contributed by atoms with Crippen molar-refractivity contribution in [2.24, 2.45) is 0 Å². The molecule has 7 nitrogen and oxygen atoms in total. The third-order valence-electron chi connectivity index (χ3n) is 3.31. The lowest BCUT2D eigenvalue weighted by molar-refractivity contribution is 0.0953. The van der Waals surface area contributed by atoms with Crippen LogP contribution in [0.1, 0.15) is 23.1 Å². The Morgan fingerprint density at radius 2 is 2.24 bits per heavy atom. The molecule has 1 aliphatic heterocycles. The van der Waals surface area contributed by atoms with Crippen molar-refractivity contribution in [2.45, 2.75) is 19.9 Å². The van der Waals surface area contributed by atoms with Crippen molar-refractivity contribution in [3.05, 3.63) is 35.9 Å². The highest BCUT2D eigenvalue weighted by Crippen LogP contribution is 2.32. The summed E-state index contributed by atoms with van der Waals surface area (Å²) in [7, 11) is 0. The highest BCUT2D eigenvalue weighted by Gasteiger charge is 2.16. The second kappa shape index (κ2) is 5.82. The Labute approximate surface area is 121 Å². The third-order valence-corrected chi connectivity index (χ3v) is 3.31. The number of rotatable bonds is 5. The number of fused-ring (bicyclic) bond motifs is 1. The van der Waals surface area contributed by atoms with E-state index in [0.717, 1.165) is 12.4 Å². The monoisotopic (exact) mass is 288 g/mol. The van der Waals surface area contributed by atoms with Gasteiger partial charge in [0.05, 0.1) is 0 Å². The van der Waals surface area contributed by atoms with Crippen molar-refractivity contribution in [3.8, 4) is 11.5 Å². The molecule has 7 heteroatoms. The molecule has 0 spiro atoms. The van der Waals surface area contributed by atoms with Gasteiger partial charge in [0.25, 0.3) is 5.91 Å². The Morgan fingerprint density at radius 1 is 1.38 bits per heavy atom. The predicted molar refractivity (Wildman–Crippen MR) is 74.3 cm³/mol. The van der Waals surface area contributed by atoms with Crippen molar-refractivity contribution < 1.29 is 14.3 Å². The number of aromatic nitrogens is 3. The molecule has 0 fully saturated rings. The lowest BCUT2D eigenvalue weighted by Gasteiger charge is -2.06. The summed E-state index contributed by atoms with van der Waals surface area (Å²) < 4.78 is 12.4. The summed E-state index contributed by atoms with van der Waals surface area (Å²) in [6, 6.07) is 5.15. The molecule has 0 saturated carbocycles. The quantitative estimate of drug-likeness (QED) is 0.888. The van der Waals surface area contributed by atoms with Gasteiger partial charge in [0, 0.05) is 25.1 Å². The number of carbonyl (C=O) groups is 1. The molecular formula is C14H16N4O3. The first kappa shape index (κ1) is 13.4. The molecule has 1 aromatic heterocycles. The zero-order chi connectivity index (χ0) is 14.7. The first-order valence-corrected chi connectivity index (χ1v) is 6.82. The van der Waals surface area contributed by atoms with Crippen LogP contribution in [0.5, 0.6) is 11.5 Å². The molecule has 110 valence electrons. The van der Waals surface area contributed by atoms with E-state index in [4.69, 9.17) is 9.47 Å². The molecule has 0 unspecified atom stereocenters. The van der Waals surface area contributed by atoms with Gasteiger partial charge in [0.15, 0.2) is 11.5 Å². The number of carbonyl (C=O) groups excluding carboxylic acids is 1. The van der Waals surface area contributed by atoms with E-state index in [9.17, 15) is 4.79 Å². The number of amides is 1. The van der Waals surface area contributed by atoms with E-state index in [2.05, 4.69) is 15.5 Å². The van der Waals surface area contributed by atoms with Gasteiger partial charge in [-0.1, -0.05) is 0 Å². The van der Waals surface area contributed by atoms with Crippen molar-refractivity contribution in [2.75, 3.05) is 13.3 Å². The van der Waals surface area contributed by atoms with E-state index < -0.39 is 0 Å². The van der Waals surface area contributed by atoms with E-state index in [-0.39, 0.29) is 12.7 Å². The van der Waals surface area contributed by atoms with Crippen molar-refractivity contribution in [1.82, 2.24) is 20.1 Å². The summed E-state index contributed by atoms with van der Waals surface area (Å²) in [6.07, 6.45) is 2.33. The lowest BCUT2D eigenvalue weighted by atomic mass is 10.2. The SMILES string of the molecule is CCn1cnnc1CCNC(=O)c1ccc2c(c1)OCO2. The molecular weight excluding hydrogens is 272 g/mol. The molecule has 0 radical (unpaired) electrons. The molecule has 0 atom stereocenters. The van der Waals surface area contributed by atoms with Gasteiger partial charge in [-0.3, -0.25) is 4.79 Å². The smallest absolute Gasteiger partial charge is 0.251 e. The summed E-state index contributed by atoms with van der Waals surface area (Å²) in [5.41, 5.74) is 0.552. The second-order valence-corrected chi connectivity index (χ2v) is 4.61. The fourth-order valence-corrected chi connectivity index (χ4v) is 2.16. The van der Waals surface area contributed by atoms with Gasteiger partial charge in [-0.2, -0.15) is 0 Å². The molecule has 0 saturated heterocycles. The minimum absolute atomic E-state index is 0.143. The van der Waals surface area contributed by atoms with E-state index in [1.165, 1.54) is 0 Å². The van der Waals surface area contributed by atoms with Crippen LogP contribution < -0.4 is 14.8 Å². The van der Waals surface area contributed by atoms with Crippen LogP contribution in [0.4, 0.5) is 0 Å². The van der Waals surface area contributed by atoms with Crippen LogP contribution in [-0.4, -0.2) is 34.0 Å². The molecule has 2 heterocycles. The number of ether oxygens (including phenoxy) is 2. The molecule has 1 N–H and O–H groups in total. The van der Waals surface area contributed by atoms with Crippen LogP contribution in [0.2, 0.25) is 0 Å². The van der Waals surface area contributed by atoms with Gasteiger partial charge in [-0.25, -0.2) is 0 Å². The van der Waals surface area contributed by atoms with Crippen LogP contribution in [0.25, 0.3) is 0 Å². The largest absolute Gasteiger partial charge is 0.454 e. The standard InChI is InChI=1S/C14H16N4O3/c1-2-18-8-16-17-13(18)5-6-15-14(19)10-3-4-11-12(7-10)21-9-20-11/h3-4,7-8H,2,5-6,9H2,1H3,(H,15,19). The van der Waals surface area contributed by atoms with E-state index in [1.807, 2.05) is 11.5 Å². The Balaban J connectivity index is 1.57. The van der Waals surface area contributed by atoms with Crippen molar-refractivity contribution in [3.63, 3.8) is 0 Å². The minimum Gasteiger partial charge on any atom is -0.454 e. The van der Waals surface area contributed by atoms with Crippen LogP contribution in [0.3, 0.4) is 0 Å². The van der Waals surface area contributed by atoms with Gasteiger partial charge < -0.3 is 19.4 Å². The number of hydrogen-bond acceptors (Lipinski definition) is 5. The first-order valence-electron chi connectivity index (χ1n) is 6.82. The minimum atomic E-state index is -0.143. The molecule has 21 heavy (non-hydrogen) atoms. The van der Waals surface area contributed by atoms with Gasteiger partial charge in [-0.05, 0) is 25.1 Å². The molecule has 1 amide bonds. The summed E-state index contributed by atoms with van der Waals surface area (Å²) in [6.45, 7) is 3.55. The number of nitrogens with zero attached hydrogens (tertiary/aromatic N) is 3. The molecule has 1 aliphatic rings. The van der Waals surface area contributed by atoms with Crippen LogP contribution in [0.15, 0.2) is 24.5 Å². The second-order valence-electron chi connectivity index (χ2n) is 4.61. The van der Waals surface area contributed by atoms with Crippen molar-refractivity contribution >= 4 is 5.91 Å². The molecule has 0 aliphatic carbocycles. The maximum atomic E-state index is 12.1. The van der Waals surface area contributed by atoms with E-state index >= 15 is 0 Å². The van der Waals surface area contributed by atoms with Crippen LogP contribution in [-0.2, 0) is 13.0 Å². The zero-order valence-corrected chi connectivity index (χ0v) is 11.7.